The van der Waals surface area contributed by atoms with E-state index in [1.807, 2.05) is 6.20 Å². The highest BCUT2D eigenvalue weighted by Crippen LogP contribution is 2.13. The lowest BCUT2D eigenvalue weighted by Gasteiger charge is -2.12. The van der Waals surface area contributed by atoms with Gasteiger partial charge in [0, 0.05) is 24.4 Å². The molecule has 1 N–H and O–H groups in total. The Morgan fingerprint density at radius 1 is 1.22 bits per heavy atom. The van der Waals surface area contributed by atoms with Crippen LogP contribution in [0, 0.1) is 0 Å². The largest absolute Gasteiger partial charge is 0.314 e. The summed E-state index contributed by atoms with van der Waals surface area (Å²) in [5.74, 6) is 0. The van der Waals surface area contributed by atoms with E-state index < -0.39 is 0 Å². The minimum absolute atomic E-state index is 0.635. The third-order valence-electron chi connectivity index (χ3n) is 3.60. The minimum Gasteiger partial charge on any atom is -0.314 e. The number of aromatic nitrogens is 2. The van der Waals surface area contributed by atoms with Crippen LogP contribution < -0.4 is 5.32 Å². The molecule has 1 fully saturated rings. The van der Waals surface area contributed by atoms with Crippen LogP contribution in [0.4, 0.5) is 0 Å². The van der Waals surface area contributed by atoms with Crippen LogP contribution in [0.15, 0.2) is 42.6 Å². The van der Waals surface area contributed by atoms with Crippen molar-refractivity contribution in [3.8, 4) is 0 Å². The lowest BCUT2D eigenvalue weighted by molar-refractivity contribution is 0.556. The first-order valence-electron chi connectivity index (χ1n) is 6.70. The van der Waals surface area contributed by atoms with Gasteiger partial charge in [0.05, 0.1) is 6.54 Å². The van der Waals surface area contributed by atoms with Crippen LogP contribution in [0.2, 0.25) is 0 Å². The first-order chi connectivity index (χ1) is 8.92. The molecule has 1 aliphatic heterocycles. The molecule has 94 valence electrons. The van der Waals surface area contributed by atoms with Crippen molar-refractivity contribution in [3.63, 3.8) is 0 Å². The van der Waals surface area contributed by atoms with E-state index >= 15 is 0 Å². The quantitative estimate of drug-likeness (QED) is 0.889. The van der Waals surface area contributed by atoms with Crippen molar-refractivity contribution in [2.24, 2.45) is 0 Å². The highest BCUT2D eigenvalue weighted by molar-refractivity contribution is 5.16. The van der Waals surface area contributed by atoms with Crippen LogP contribution in [0.1, 0.15) is 24.1 Å². The predicted molar refractivity (Wildman–Crippen MR) is 72.5 cm³/mol. The van der Waals surface area contributed by atoms with Crippen LogP contribution in [0.5, 0.6) is 0 Å². The van der Waals surface area contributed by atoms with Gasteiger partial charge in [-0.05, 0) is 31.0 Å². The Morgan fingerprint density at radius 3 is 2.89 bits per heavy atom. The fourth-order valence-corrected chi connectivity index (χ4v) is 2.62. The Hall–Kier alpha value is -1.61. The number of hydrogen-bond acceptors (Lipinski definition) is 2. The minimum atomic E-state index is 0.635. The van der Waals surface area contributed by atoms with Gasteiger partial charge >= 0.3 is 0 Å². The van der Waals surface area contributed by atoms with Crippen LogP contribution in [-0.4, -0.2) is 22.4 Å². The second kappa shape index (κ2) is 5.36. The first kappa shape index (κ1) is 11.5. The molecule has 1 saturated heterocycles. The second-order valence-electron chi connectivity index (χ2n) is 4.96. The van der Waals surface area contributed by atoms with Crippen LogP contribution in [0.25, 0.3) is 0 Å². The van der Waals surface area contributed by atoms with E-state index in [2.05, 4.69) is 51.5 Å². The van der Waals surface area contributed by atoms with Crippen LogP contribution >= 0.6 is 0 Å². The molecule has 0 bridgehead atoms. The average Bonchev–Trinajstić information content (AvgIpc) is 3.04. The maximum Gasteiger partial charge on any atom is 0.0662 e. The highest BCUT2D eigenvalue weighted by atomic mass is 15.3. The van der Waals surface area contributed by atoms with Gasteiger partial charge < -0.3 is 5.32 Å². The third kappa shape index (κ3) is 2.62. The molecule has 1 aromatic heterocycles. The molecule has 18 heavy (non-hydrogen) atoms. The fourth-order valence-electron chi connectivity index (χ4n) is 2.62. The number of nitrogens with one attached hydrogen (secondary N) is 1. The van der Waals surface area contributed by atoms with Crippen molar-refractivity contribution in [2.75, 3.05) is 6.54 Å². The molecule has 0 saturated carbocycles. The molecule has 3 rings (SSSR count). The molecule has 0 amide bonds. The maximum absolute atomic E-state index is 4.44. The number of benzene rings is 1. The van der Waals surface area contributed by atoms with Gasteiger partial charge in [-0.1, -0.05) is 30.3 Å². The third-order valence-corrected chi connectivity index (χ3v) is 3.60. The SMILES string of the molecule is c1ccc(Cn2nccc2CC2CCCN2)cc1. The van der Waals surface area contributed by atoms with Crippen molar-refractivity contribution in [3.05, 3.63) is 53.9 Å². The summed E-state index contributed by atoms with van der Waals surface area (Å²) in [5, 5.41) is 7.99. The first-order valence-corrected chi connectivity index (χ1v) is 6.70. The van der Waals surface area contributed by atoms with Crippen molar-refractivity contribution in [1.82, 2.24) is 15.1 Å². The van der Waals surface area contributed by atoms with E-state index in [0.717, 1.165) is 19.5 Å². The van der Waals surface area contributed by atoms with Crippen LogP contribution in [0.3, 0.4) is 0 Å². The van der Waals surface area contributed by atoms with E-state index in [0.29, 0.717) is 6.04 Å². The van der Waals surface area contributed by atoms with Crippen molar-refractivity contribution < 1.29 is 0 Å². The lowest BCUT2D eigenvalue weighted by Crippen LogP contribution is -2.25. The molecule has 1 aliphatic rings. The van der Waals surface area contributed by atoms with Crippen LogP contribution in [-0.2, 0) is 13.0 Å². The van der Waals surface area contributed by atoms with Gasteiger partial charge in [0.1, 0.15) is 0 Å². The Balaban J connectivity index is 1.71. The molecule has 2 aromatic rings. The smallest absolute Gasteiger partial charge is 0.0662 e. The van der Waals surface area contributed by atoms with E-state index in [-0.39, 0.29) is 0 Å². The topological polar surface area (TPSA) is 29.9 Å². The highest BCUT2D eigenvalue weighted by Gasteiger charge is 2.16. The molecule has 1 unspecified atom stereocenters. The Kier molecular flexibility index (Phi) is 3.42. The molecule has 2 heterocycles. The van der Waals surface area contributed by atoms with E-state index in [9.17, 15) is 0 Å². The number of rotatable bonds is 4. The van der Waals surface area contributed by atoms with Crippen molar-refractivity contribution in [1.29, 1.82) is 0 Å². The summed E-state index contributed by atoms with van der Waals surface area (Å²) < 4.78 is 2.12. The summed E-state index contributed by atoms with van der Waals surface area (Å²) in [7, 11) is 0. The molecular formula is C15H19N3. The molecule has 3 nitrogen and oxygen atoms in total. The average molecular weight is 241 g/mol. The zero-order valence-electron chi connectivity index (χ0n) is 10.5. The monoisotopic (exact) mass is 241 g/mol. The maximum atomic E-state index is 4.44. The molecule has 0 aliphatic carbocycles. The van der Waals surface area contributed by atoms with Crippen molar-refractivity contribution in [2.45, 2.75) is 31.8 Å². The van der Waals surface area contributed by atoms with Crippen molar-refractivity contribution >= 4 is 0 Å². The zero-order chi connectivity index (χ0) is 12.2. The summed E-state index contributed by atoms with van der Waals surface area (Å²) in [6.07, 6.45) is 5.59. The second-order valence-corrected chi connectivity index (χ2v) is 4.96. The summed E-state index contributed by atoms with van der Waals surface area (Å²) in [4.78, 5) is 0. The molecule has 0 spiro atoms. The zero-order valence-corrected chi connectivity index (χ0v) is 10.5. The summed E-state index contributed by atoms with van der Waals surface area (Å²) >= 11 is 0. The lowest BCUT2D eigenvalue weighted by atomic mass is 10.1. The van der Waals surface area contributed by atoms with Gasteiger partial charge in [-0.2, -0.15) is 5.10 Å². The summed E-state index contributed by atoms with van der Waals surface area (Å²) in [6, 6.07) is 13.3. The molecule has 0 radical (unpaired) electrons. The Bertz CT molecular complexity index is 483. The van der Waals surface area contributed by atoms with Gasteiger partial charge in [-0.15, -0.1) is 0 Å². The fraction of sp³-hybridized carbons (Fsp3) is 0.400. The molecule has 3 heteroatoms. The van der Waals surface area contributed by atoms with Gasteiger partial charge in [0.2, 0.25) is 0 Å². The summed E-state index contributed by atoms with van der Waals surface area (Å²) in [6.45, 7) is 2.04. The standard InChI is InChI=1S/C15H19N3/c1-2-5-13(6-3-1)12-18-15(8-10-17-18)11-14-7-4-9-16-14/h1-3,5-6,8,10,14,16H,4,7,9,11-12H2. The number of hydrogen-bond donors (Lipinski definition) is 1. The van der Waals surface area contributed by atoms with Gasteiger partial charge in [-0.3, -0.25) is 4.68 Å². The molecule has 1 aromatic carbocycles. The van der Waals surface area contributed by atoms with Gasteiger partial charge in [-0.25, -0.2) is 0 Å². The Labute approximate surface area is 108 Å². The van der Waals surface area contributed by atoms with E-state index in [1.165, 1.54) is 24.1 Å². The Morgan fingerprint density at radius 2 is 2.11 bits per heavy atom. The number of nitrogens with zero attached hydrogens (tertiary/aromatic N) is 2. The molecule has 1 atom stereocenters. The van der Waals surface area contributed by atoms with E-state index in [1.54, 1.807) is 0 Å². The van der Waals surface area contributed by atoms with E-state index in [4.69, 9.17) is 0 Å². The molecular weight excluding hydrogens is 222 g/mol. The normalized spacial score (nSPS) is 19.2. The van der Waals surface area contributed by atoms with Gasteiger partial charge in [0.25, 0.3) is 0 Å². The summed E-state index contributed by atoms with van der Waals surface area (Å²) in [5.41, 5.74) is 2.64. The predicted octanol–water partition coefficient (Wildman–Crippen LogP) is 2.23. The van der Waals surface area contributed by atoms with Gasteiger partial charge in [0.15, 0.2) is 0 Å².